The molecule has 7 heteroatoms. The van der Waals surface area contributed by atoms with E-state index < -0.39 is 5.51 Å². The van der Waals surface area contributed by atoms with Crippen molar-refractivity contribution in [2.45, 2.75) is 5.51 Å². The third-order valence-electron chi connectivity index (χ3n) is 1.46. The molecule has 0 unspecified atom stereocenters. The van der Waals surface area contributed by atoms with Gasteiger partial charge in [-0.1, -0.05) is 0 Å². The Morgan fingerprint density at radius 2 is 2.13 bits per heavy atom. The zero-order valence-corrected chi connectivity index (χ0v) is 8.53. The van der Waals surface area contributed by atoms with Gasteiger partial charge in [0.05, 0.1) is 11.9 Å². The van der Waals surface area contributed by atoms with Crippen LogP contribution in [0.25, 0.3) is 0 Å². The summed E-state index contributed by atoms with van der Waals surface area (Å²) < 4.78 is 35.2. The van der Waals surface area contributed by atoms with Gasteiger partial charge in [-0.3, -0.25) is 0 Å². The fourth-order valence-corrected chi connectivity index (χ4v) is 1.29. The molecule has 0 bridgehead atoms. The maximum atomic E-state index is 11.7. The first-order valence-corrected chi connectivity index (χ1v) is 5.12. The first-order chi connectivity index (χ1) is 6.97. The highest BCUT2D eigenvalue weighted by atomic mass is 32.2. The van der Waals surface area contributed by atoms with Crippen LogP contribution in [0.5, 0.6) is 0 Å². The van der Waals surface area contributed by atoms with Gasteiger partial charge in [-0.15, -0.1) is 0 Å². The summed E-state index contributed by atoms with van der Waals surface area (Å²) in [5.41, 5.74) is 1.74. The predicted molar refractivity (Wildman–Crippen MR) is 55.7 cm³/mol. The summed E-state index contributed by atoms with van der Waals surface area (Å²) >= 11 is -0.0590. The Kier molecular flexibility index (Phi) is 4.07. The standard InChI is InChI=1S/C8H10F3N3S/c9-8(10,11)15-4-3-13-7-2-1-6(12)5-14-7/h1-2,5H,3-4,12H2,(H,13,14). The van der Waals surface area contributed by atoms with Crippen LogP contribution in [0.2, 0.25) is 0 Å². The Morgan fingerprint density at radius 1 is 1.40 bits per heavy atom. The van der Waals surface area contributed by atoms with Crippen LogP contribution in [-0.4, -0.2) is 22.8 Å². The molecule has 0 saturated heterocycles. The lowest BCUT2D eigenvalue weighted by molar-refractivity contribution is -0.0327. The molecule has 84 valence electrons. The first-order valence-electron chi connectivity index (χ1n) is 4.13. The SMILES string of the molecule is Nc1ccc(NCCSC(F)(F)F)nc1. The second-order valence-corrected chi connectivity index (χ2v) is 3.86. The van der Waals surface area contributed by atoms with E-state index in [1.807, 2.05) is 0 Å². The van der Waals surface area contributed by atoms with Crippen LogP contribution in [-0.2, 0) is 0 Å². The van der Waals surface area contributed by atoms with E-state index in [4.69, 9.17) is 5.73 Å². The van der Waals surface area contributed by atoms with Gasteiger partial charge in [-0.2, -0.15) is 13.2 Å². The van der Waals surface area contributed by atoms with E-state index in [1.54, 1.807) is 12.1 Å². The molecule has 3 nitrogen and oxygen atoms in total. The van der Waals surface area contributed by atoms with Gasteiger partial charge < -0.3 is 11.1 Å². The largest absolute Gasteiger partial charge is 0.441 e. The summed E-state index contributed by atoms with van der Waals surface area (Å²) in [6.45, 7) is 0.209. The van der Waals surface area contributed by atoms with E-state index >= 15 is 0 Å². The van der Waals surface area contributed by atoms with Gasteiger partial charge in [-0.25, -0.2) is 4.98 Å². The van der Waals surface area contributed by atoms with Crippen LogP contribution < -0.4 is 11.1 Å². The molecule has 1 aromatic rings. The molecule has 0 amide bonds. The van der Waals surface area contributed by atoms with Crippen molar-refractivity contribution in [2.75, 3.05) is 23.3 Å². The van der Waals surface area contributed by atoms with Crippen molar-refractivity contribution in [1.82, 2.24) is 4.98 Å². The molecule has 0 spiro atoms. The minimum Gasteiger partial charge on any atom is -0.397 e. The number of halogens is 3. The number of nitrogens with one attached hydrogen (secondary N) is 1. The van der Waals surface area contributed by atoms with E-state index in [9.17, 15) is 13.2 Å². The lowest BCUT2D eigenvalue weighted by atomic mass is 10.4. The number of hydrogen-bond acceptors (Lipinski definition) is 4. The van der Waals surface area contributed by atoms with Crippen LogP contribution in [0.3, 0.4) is 0 Å². The quantitative estimate of drug-likeness (QED) is 0.789. The van der Waals surface area contributed by atoms with Crippen LogP contribution in [0.15, 0.2) is 18.3 Å². The summed E-state index contributed by atoms with van der Waals surface area (Å²) in [6.07, 6.45) is 1.44. The van der Waals surface area contributed by atoms with Crippen molar-refractivity contribution in [2.24, 2.45) is 0 Å². The minimum atomic E-state index is -4.17. The number of aromatic nitrogens is 1. The van der Waals surface area contributed by atoms with Gasteiger partial charge in [0.25, 0.3) is 0 Å². The molecule has 0 atom stereocenters. The normalized spacial score (nSPS) is 11.4. The number of hydrogen-bond donors (Lipinski definition) is 2. The fraction of sp³-hybridized carbons (Fsp3) is 0.375. The molecule has 0 aromatic carbocycles. The molecule has 1 aromatic heterocycles. The molecule has 0 aliphatic heterocycles. The van der Waals surface area contributed by atoms with Gasteiger partial charge in [0, 0.05) is 12.3 Å². The van der Waals surface area contributed by atoms with Gasteiger partial charge in [-0.05, 0) is 23.9 Å². The smallest absolute Gasteiger partial charge is 0.397 e. The maximum Gasteiger partial charge on any atom is 0.441 e. The molecule has 15 heavy (non-hydrogen) atoms. The average molecular weight is 237 g/mol. The van der Waals surface area contributed by atoms with Crippen LogP contribution >= 0.6 is 11.8 Å². The van der Waals surface area contributed by atoms with E-state index in [0.717, 1.165) is 0 Å². The van der Waals surface area contributed by atoms with Crippen molar-refractivity contribution in [3.05, 3.63) is 18.3 Å². The van der Waals surface area contributed by atoms with E-state index in [2.05, 4.69) is 10.3 Å². The third kappa shape index (κ3) is 5.36. The summed E-state index contributed by atoms with van der Waals surface area (Å²) in [7, 11) is 0. The summed E-state index contributed by atoms with van der Waals surface area (Å²) in [4.78, 5) is 3.89. The highest BCUT2D eigenvalue weighted by Crippen LogP contribution is 2.29. The van der Waals surface area contributed by atoms with Crippen molar-refractivity contribution in [3.63, 3.8) is 0 Å². The van der Waals surface area contributed by atoms with E-state index in [-0.39, 0.29) is 24.1 Å². The number of alkyl halides is 3. The highest BCUT2D eigenvalue weighted by Gasteiger charge is 2.27. The minimum absolute atomic E-state index is 0.0461. The second-order valence-electron chi connectivity index (χ2n) is 2.70. The van der Waals surface area contributed by atoms with Crippen molar-refractivity contribution < 1.29 is 13.2 Å². The van der Waals surface area contributed by atoms with Gasteiger partial charge in [0.15, 0.2) is 0 Å². The molecule has 0 radical (unpaired) electrons. The van der Waals surface area contributed by atoms with E-state index in [1.165, 1.54) is 6.20 Å². The van der Waals surface area contributed by atoms with Gasteiger partial charge in [0.1, 0.15) is 5.82 Å². The lowest BCUT2D eigenvalue weighted by Gasteiger charge is -2.07. The Hall–Kier alpha value is -1.11. The average Bonchev–Trinajstić information content (AvgIpc) is 2.14. The molecule has 1 heterocycles. The molecule has 3 N–H and O–H groups in total. The molecule has 0 fully saturated rings. The number of rotatable bonds is 4. The van der Waals surface area contributed by atoms with Crippen LogP contribution in [0.1, 0.15) is 0 Å². The second kappa shape index (κ2) is 5.11. The van der Waals surface area contributed by atoms with Crippen molar-refractivity contribution in [3.8, 4) is 0 Å². The van der Waals surface area contributed by atoms with Crippen LogP contribution in [0, 0.1) is 0 Å². The number of nitrogen functional groups attached to an aromatic ring is 1. The topological polar surface area (TPSA) is 50.9 Å². The Balaban J connectivity index is 2.23. The molecular weight excluding hydrogens is 227 g/mol. The number of thioether (sulfide) groups is 1. The first kappa shape index (κ1) is 12.0. The Bertz CT molecular complexity index is 299. The van der Waals surface area contributed by atoms with Crippen molar-refractivity contribution in [1.29, 1.82) is 0 Å². The molecule has 0 aliphatic rings. The van der Waals surface area contributed by atoms with Gasteiger partial charge >= 0.3 is 5.51 Å². The number of anilines is 2. The molecule has 0 saturated carbocycles. The number of nitrogens with zero attached hydrogens (tertiary/aromatic N) is 1. The summed E-state index contributed by atoms with van der Waals surface area (Å²) in [5.74, 6) is 0.474. The Labute approximate surface area is 89.3 Å². The van der Waals surface area contributed by atoms with Crippen molar-refractivity contribution >= 4 is 23.3 Å². The zero-order valence-electron chi connectivity index (χ0n) is 7.71. The molecule has 1 rings (SSSR count). The summed E-state index contributed by atoms with van der Waals surface area (Å²) in [5, 5.41) is 2.76. The van der Waals surface area contributed by atoms with E-state index in [0.29, 0.717) is 11.5 Å². The lowest BCUT2D eigenvalue weighted by Crippen LogP contribution is -2.10. The van der Waals surface area contributed by atoms with Crippen LogP contribution in [0.4, 0.5) is 24.7 Å². The molecule has 0 aliphatic carbocycles. The maximum absolute atomic E-state index is 11.7. The number of pyridine rings is 1. The zero-order chi connectivity index (χ0) is 11.3. The fourth-order valence-electron chi connectivity index (χ4n) is 0.856. The highest BCUT2D eigenvalue weighted by molar-refractivity contribution is 8.00. The Morgan fingerprint density at radius 3 is 2.67 bits per heavy atom. The predicted octanol–water partition coefficient (Wildman–Crippen LogP) is 2.33. The molecular formula is C8H10F3N3S. The van der Waals surface area contributed by atoms with Gasteiger partial charge in [0.2, 0.25) is 0 Å². The number of nitrogens with two attached hydrogens (primary N) is 1. The summed E-state index contributed by atoms with van der Waals surface area (Å²) in [6, 6.07) is 3.25. The monoisotopic (exact) mass is 237 g/mol. The third-order valence-corrected chi connectivity index (χ3v) is 2.20.